The van der Waals surface area contributed by atoms with Gasteiger partial charge in [-0.1, -0.05) is 12.1 Å². The fourth-order valence-electron chi connectivity index (χ4n) is 1.75. The Morgan fingerprint density at radius 3 is 2.55 bits per heavy atom. The molecule has 1 aromatic carbocycles. The molecule has 7 heteroatoms. The van der Waals surface area contributed by atoms with Gasteiger partial charge in [0.25, 0.3) is 0 Å². The zero-order valence-electron chi connectivity index (χ0n) is 11.4. The lowest BCUT2D eigenvalue weighted by Crippen LogP contribution is -2.13. The van der Waals surface area contributed by atoms with Gasteiger partial charge in [-0.25, -0.2) is 4.98 Å². The van der Waals surface area contributed by atoms with Crippen LogP contribution < -0.4 is 10.1 Å². The smallest absolute Gasteiger partial charge is 0.387 e. The number of nitrogens with zero attached hydrogens (tertiary/aromatic N) is 1. The van der Waals surface area contributed by atoms with Gasteiger partial charge in [0.15, 0.2) is 0 Å². The number of alkyl halides is 2. The van der Waals surface area contributed by atoms with E-state index in [0.717, 1.165) is 10.0 Å². The zero-order valence-corrected chi connectivity index (χ0v) is 13.0. The largest absolute Gasteiger partial charge is 0.435 e. The third-order valence-corrected chi connectivity index (χ3v) is 3.25. The molecule has 1 heterocycles. The highest BCUT2D eigenvalue weighted by atomic mass is 79.9. The average molecular weight is 371 g/mol. The summed E-state index contributed by atoms with van der Waals surface area (Å²) in [6, 6.07) is 9.69. The van der Waals surface area contributed by atoms with E-state index in [1.54, 1.807) is 30.5 Å². The summed E-state index contributed by atoms with van der Waals surface area (Å²) in [5.74, 6) is 0.416. The summed E-state index contributed by atoms with van der Waals surface area (Å²) in [5.41, 5.74) is 0.862. The molecule has 0 aliphatic heterocycles. The van der Waals surface area contributed by atoms with Gasteiger partial charge in [-0.2, -0.15) is 8.78 Å². The van der Waals surface area contributed by atoms with Crippen molar-refractivity contribution < 1.29 is 18.3 Å². The van der Waals surface area contributed by atoms with Gasteiger partial charge in [0.2, 0.25) is 5.91 Å². The summed E-state index contributed by atoms with van der Waals surface area (Å²) in [7, 11) is 0. The maximum atomic E-state index is 12.0. The van der Waals surface area contributed by atoms with Crippen molar-refractivity contribution in [3.63, 3.8) is 0 Å². The van der Waals surface area contributed by atoms with Crippen LogP contribution in [-0.2, 0) is 11.2 Å². The molecule has 1 amide bonds. The number of hydrogen-bond donors (Lipinski definition) is 1. The first-order chi connectivity index (χ1) is 10.5. The van der Waals surface area contributed by atoms with Crippen molar-refractivity contribution >= 4 is 27.7 Å². The Labute approximate surface area is 134 Å². The number of ether oxygens (including phenoxy) is 1. The van der Waals surface area contributed by atoms with Crippen LogP contribution in [0.5, 0.6) is 5.75 Å². The van der Waals surface area contributed by atoms with Crippen molar-refractivity contribution in [1.82, 2.24) is 4.98 Å². The van der Waals surface area contributed by atoms with Gasteiger partial charge >= 0.3 is 6.61 Å². The van der Waals surface area contributed by atoms with E-state index in [9.17, 15) is 13.6 Å². The molecule has 0 fully saturated rings. The minimum Gasteiger partial charge on any atom is -0.435 e. The lowest BCUT2D eigenvalue weighted by molar-refractivity contribution is -0.116. The second-order valence-corrected chi connectivity index (χ2v) is 5.35. The Bertz CT molecular complexity index is 618. The van der Waals surface area contributed by atoms with Gasteiger partial charge in [0, 0.05) is 17.1 Å². The van der Waals surface area contributed by atoms with Gasteiger partial charge in [0.05, 0.1) is 0 Å². The van der Waals surface area contributed by atoms with E-state index in [-0.39, 0.29) is 18.1 Å². The molecule has 0 bridgehead atoms. The third kappa shape index (κ3) is 5.40. The number of halogens is 3. The first-order valence-electron chi connectivity index (χ1n) is 6.48. The predicted octanol–water partition coefficient (Wildman–Crippen LogP) is 4.02. The molecule has 0 atom stereocenters. The first-order valence-corrected chi connectivity index (χ1v) is 7.27. The number of rotatable bonds is 6. The monoisotopic (exact) mass is 370 g/mol. The Morgan fingerprint density at radius 1 is 1.23 bits per heavy atom. The quantitative estimate of drug-likeness (QED) is 0.835. The number of carbonyl (C=O) groups is 1. The van der Waals surface area contributed by atoms with Crippen LogP contribution in [0.3, 0.4) is 0 Å². The number of hydrogen-bond acceptors (Lipinski definition) is 3. The number of benzene rings is 1. The van der Waals surface area contributed by atoms with Crippen molar-refractivity contribution in [2.24, 2.45) is 0 Å². The van der Waals surface area contributed by atoms with Crippen molar-refractivity contribution in [2.75, 3.05) is 5.32 Å². The van der Waals surface area contributed by atoms with E-state index in [4.69, 9.17) is 0 Å². The minimum atomic E-state index is -2.84. The molecule has 4 nitrogen and oxygen atoms in total. The van der Waals surface area contributed by atoms with Gasteiger partial charge in [-0.05, 0) is 52.2 Å². The predicted molar refractivity (Wildman–Crippen MR) is 82.0 cm³/mol. The highest BCUT2D eigenvalue weighted by molar-refractivity contribution is 9.10. The number of aromatic nitrogens is 1. The number of amides is 1. The van der Waals surface area contributed by atoms with E-state index < -0.39 is 6.61 Å². The van der Waals surface area contributed by atoms with Crippen LogP contribution in [0.15, 0.2) is 47.1 Å². The van der Waals surface area contributed by atoms with Crippen molar-refractivity contribution in [3.8, 4) is 5.75 Å². The van der Waals surface area contributed by atoms with Crippen molar-refractivity contribution in [2.45, 2.75) is 19.5 Å². The molecule has 0 saturated carbocycles. The first kappa shape index (κ1) is 16.4. The molecule has 0 aliphatic rings. The van der Waals surface area contributed by atoms with Crippen LogP contribution in [0.25, 0.3) is 0 Å². The van der Waals surface area contributed by atoms with Crippen molar-refractivity contribution in [3.05, 3.63) is 52.6 Å². The van der Waals surface area contributed by atoms with E-state index in [2.05, 4.69) is 31.0 Å². The molecule has 0 aliphatic carbocycles. The summed E-state index contributed by atoms with van der Waals surface area (Å²) in [5, 5.41) is 2.68. The summed E-state index contributed by atoms with van der Waals surface area (Å²) >= 11 is 3.26. The molecule has 2 aromatic rings. The number of pyridine rings is 1. The third-order valence-electron chi connectivity index (χ3n) is 2.78. The minimum absolute atomic E-state index is 0.0993. The van der Waals surface area contributed by atoms with E-state index >= 15 is 0 Å². The summed E-state index contributed by atoms with van der Waals surface area (Å²) in [6.07, 6.45) is 2.36. The van der Waals surface area contributed by atoms with Crippen LogP contribution >= 0.6 is 15.9 Å². The lowest BCUT2D eigenvalue weighted by Gasteiger charge is -2.06. The summed E-state index contributed by atoms with van der Waals surface area (Å²) < 4.78 is 29.1. The van der Waals surface area contributed by atoms with Gasteiger partial charge in [-0.15, -0.1) is 0 Å². The molecular weight excluding hydrogens is 358 g/mol. The number of anilines is 1. The maximum absolute atomic E-state index is 12.0. The molecule has 1 N–H and O–H groups in total. The van der Waals surface area contributed by atoms with Crippen LogP contribution in [0.4, 0.5) is 14.6 Å². The Kier molecular flexibility index (Phi) is 5.83. The number of aryl methyl sites for hydroxylation is 1. The SMILES string of the molecule is O=C(CCc1ccc(OC(F)F)cc1)Nc1ccc(Br)cn1. The molecule has 0 radical (unpaired) electrons. The molecule has 1 aromatic heterocycles. The fraction of sp³-hybridized carbons (Fsp3) is 0.200. The molecule has 0 saturated heterocycles. The van der Waals surface area contributed by atoms with Crippen LogP contribution in [-0.4, -0.2) is 17.5 Å². The van der Waals surface area contributed by atoms with E-state index in [1.807, 2.05) is 0 Å². The standard InChI is InChI=1S/C15H13BrF2N2O2/c16-11-4-7-13(19-9-11)20-14(21)8-3-10-1-5-12(6-2-10)22-15(17)18/h1-2,4-7,9,15H,3,8H2,(H,19,20,21). The lowest BCUT2D eigenvalue weighted by atomic mass is 10.1. The van der Waals surface area contributed by atoms with Crippen LogP contribution in [0.2, 0.25) is 0 Å². The van der Waals surface area contributed by atoms with Gasteiger partial charge in [-0.3, -0.25) is 4.79 Å². The van der Waals surface area contributed by atoms with Gasteiger partial charge in [0.1, 0.15) is 11.6 Å². The molecule has 0 unspecified atom stereocenters. The van der Waals surface area contributed by atoms with Crippen molar-refractivity contribution in [1.29, 1.82) is 0 Å². The second-order valence-electron chi connectivity index (χ2n) is 4.43. The molecular formula is C15H13BrF2N2O2. The summed E-state index contributed by atoms with van der Waals surface area (Å²) in [6.45, 7) is -2.84. The highest BCUT2D eigenvalue weighted by Crippen LogP contribution is 2.16. The fourth-order valence-corrected chi connectivity index (χ4v) is 1.99. The zero-order chi connectivity index (χ0) is 15.9. The Morgan fingerprint density at radius 2 is 1.95 bits per heavy atom. The molecule has 2 rings (SSSR count). The molecule has 0 spiro atoms. The van der Waals surface area contributed by atoms with E-state index in [0.29, 0.717) is 12.2 Å². The van der Waals surface area contributed by atoms with Crippen LogP contribution in [0.1, 0.15) is 12.0 Å². The molecule has 116 valence electrons. The number of carbonyl (C=O) groups excluding carboxylic acids is 1. The second kappa shape index (κ2) is 7.84. The number of nitrogens with one attached hydrogen (secondary N) is 1. The van der Waals surface area contributed by atoms with E-state index in [1.165, 1.54) is 12.1 Å². The highest BCUT2D eigenvalue weighted by Gasteiger charge is 2.06. The summed E-state index contributed by atoms with van der Waals surface area (Å²) in [4.78, 5) is 15.8. The average Bonchev–Trinajstić information content (AvgIpc) is 2.48. The Hall–Kier alpha value is -2.02. The Balaban J connectivity index is 1.81. The molecule has 22 heavy (non-hydrogen) atoms. The normalized spacial score (nSPS) is 10.5. The van der Waals surface area contributed by atoms with Crippen LogP contribution in [0, 0.1) is 0 Å². The van der Waals surface area contributed by atoms with Gasteiger partial charge < -0.3 is 10.1 Å². The maximum Gasteiger partial charge on any atom is 0.387 e. The topological polar surface area (TPSA) is 51.2 Å².